The fourth-order valence-electron chi connectivity index (χ4n) is 1.48. The van der Waals surface area contributed by atoms with Crippen LogP contribution in [-0.2, 0) is 33.0 Å². The zero-order valence-electron chi connectivity index (χ0n) is 11.2. The van der Waals surface area contributed by atoms with Gasteiger partial charge in [-0.15, -0.1) is 0 Å². The maximum absolute atomic E-state index is 13.7. The van der Waals surface area contributed by atoms with Crippen LogP contribution in [0.2, 0.25) is 0 Å². The molecule has 0 heterocycles. The first-order valence-electron chi connectivity index (χ1n) is 5.73. The van der Waals surface area contributed by atoms with E-state index in [1.807, 2.05) is 0 Å². The number of halogens is 1. The van der Waals surface area contributed by atoms with Crippen LogP contribution in [0.25, 0.3) is 0 Å². The fraction of sp³-hybridized carbons (Fsp3) is 0.455. The van der Waals surface area contributed by atoms with Gasteiger partial charge in [0.05, 0.1) is 12.5 Å². The maximum Gasteiger partial charge on any atom is 0.209 e. The minimum Gasteiger partial charge on any atom is -0.215 e. The van der Waals surface area contributed by atoms with Gasteiger partial charge in [-0.25, -0.2) is 30.7 Å². The van der Waals surface area contributed by atoms with Crippen LogP contribution in [0, 0.1) is 5.82 Å². The van der Waals surface area contributed by atoms with Crippen LogP contribution in [-0.4, -0.2) is 35.9 Å². The molecule has 114 valence electrons. The number of hydrogen-bond donors (Lipinski definition) is 2. The molecule has 9 heteroatoms. The first-order valence-corrected chi connectivity index (χ1v) is 9.52. The molecule has 0 amide bonds. The highest BCUT2D eigenvalue weighted by molar-refractivity contribution is 7.88. The Kier molecular flexibility index (Phi) is 5.63. The highest BCUT2D eigenvalue weighted by atomic mass is 32.2. The molecular formula is C11H17FN2O4S2. The summed E-state index contributed by atoms with van der Waals surface area (Å²) in [7, 11) is -6.63. The van der Waals surface area contributed by atoms with Crippen molar-refractivity contribution in [2.75, 3.05) is 19.1 Å². The average molecular weight is 324 g/mol. The minimum absolute atomic E-state index is 0.119. The molecule has 0 bridgehead atoms. The van der Waals surface area contributed by atoms with Gasteiger partial charge in [0.1, 0.15) is 5.82 Å². The Bertz CT molecular complexity index is 672. The lowest BCUT2D eigenvalue weighted by atomic mass is 10.1. The summed E-state index contributed by atoms with van der Waals surface area (Å²) in [5.74, 6) is -0.530. The summed E-state index contributed by atoms with van der Waals surface area (Å²) >= 11 is 0. The lowest BCUT2D eigenvalue weighted by Gasteiger charge is -2.07. The largest absolute Gasteiger partial charge is 0.215 e. The van der Waals surface area contributed by atoms with E-state index in [0.29, 0.717) is 12.0 Å². The lowest BCUT2D eigenvalue weighted by Crippen LogP contribution is -2.24. The summed E-state index contributed by atoms with van der Waals surface area (Å²) in [6.45, 7) is 0.0613. The highest BCUT2D eigenvalue weighted by Gasteiger charge is 2.07. The molecule has 0 saturated carbocycles. The van der Waals surface area contributed by atoms with Gasteiger partial charge >= 0.3 is 0 Å². The van der Waals surface area contributed by atoms with Crippen molar-refractivity contribution in [2.45, 2.75) is 13.0 Å². The summed E-state index contributed by atoms with van der Waals surface area (Å²) < 4.78 is 61.8. The zero-order valence-corrected chi connectivity index (χ0v) is 12.8. The summed E-state index contributed by atoms with van der Waals surface area (Å²) in [5.41, 5.74) is 0.858. The fourth-order valence-corrected chi connectivity index (χ4v) is 2.37. The van der Waals surface area contributed by atoms with Crippen LogP contribution in [0.4, 0.5) is 4.39 Å². The zero-order chi connectivity index (χ0) is 15.4. The van der Waals surface area contributed by atoms with Crippen molar-refractivity contribution in [2.24, 2.45) is 0 Å². The van der Waals surface area contributed by atoms with Crippen molar-refractivity contribution in [3.8, 4) is 0 Å². The number of rotatable bonds is 7. The second kappa shape index (κ2) is 6.61. The van der Waals surface area contributed by atoms with Crippen LogP contribution in [0.5, 0.6) is 0 Å². The molecule has 0 aromatic heterocycles. The Balaban J connectivity index is 2.64. The molecule has 6 nitrogen and oxygen atoms in total. The summed E-state index contributed by atoms with van der Waals surface area (Å²) in [4.78, 5) is 0. The second-order valence-electron chi connectivity index (χ2n) is 4.44. The third-order valence-electron chi connectivity index (χ3n) is 2.42. The number of sulfonamides is 2. The third kappa shape index (κ3) is 6.94. The first kappa shape index (κ1) is 17.0. The highest BCUT2D eigenvalue weighted by Crippen LogP contribution is 2.11. The van der Waals surface area contributed by atoms with Crippen molar-refractivity contribution >= 4 is 20.0 Å². The van der Waals surface area contributed by atoms with Gasteiger partial charge in [-0.2, -0.15) is 0 Å². The van der Waals surface area contributed by atoms with E-state index in [1.54, 1.807) is 6.07 Å². The van der Waals surface area contributed by atoms with Crippen LogP contribution in [0.1, 0.15) is 11.1 Å². The summed E-state index contributed by atoms with van der Waals surface area (Å²) in [6.07, 6.45) is 2.40. The molecule has 0 radical (unpaired) electrons. The van der Waals surface area contributed by atoms with E-state index in [-0.39, 0.29) is 18.7 Å². The average Bonchev–Trinajstić information content (AvgIpc) is 2.24. The van der Waals surface area contributed by atoms with Gasteiger partial charge in [0.2, 0.25) is 20.0 Å². The van der Waals surface area contributed by atoms with E-state index < -0.39 is 25.9 Å². The smallest absolute Gasteiger partial charge is 0.209 e. The molecular weight excluding hydrogens is 307 g/mol. The van der Waals surface area contributed by atoms with Crippen molar-refractivity contribution in [3.05, 3.63) is 35.1 Å². The Morgan fingerprint density at radius 3 is 2.15 bits per heavy atom. The molecule has 0 atom stereocenters. The summed E-state index contributed by atoms with van der Waals surface area (Å²) in [6, 6.07) is 4.37. The van der Waals surface area contributed by atoms with Crippen LogP contribution >= 0.6 is 0 Å². The predicted molar refractivity (Wildman–Crippen MR) is 74.6 cm³/mol. The standard InChI is InChI=1S/C11H17FN2O4S2/c1-19(15,16)13-6-5-9-3-4-10(11(12)7-9)8-14-20(2,17)18/h3-4,7,13-14H,5-6,8H2,1-2H3. The van der Waals surface area contributed by atoms with Gasteiger partial charge in [-0.3, -0.25) is 0 Å². The maximum atomic E-state index is 13.7. The Morgan fingerprint density at radius 2 is 1.65 bits per heavy atom. The predicted octanol–water partition coefficient (Wildman–Crippen LogP) is -0.0334. The Hall–Kier alpha value is -1.03. The molecule has 1 aromatic rings. The molecule has 1 aromatic carbocycles. The van der Waals surface area contributed by atoms with Gasteiger partial charge in [-0.1, -0.05) is 12.1 Å². The monoisotopic (exact) mass is 324 g/mol. The molecule has 20 heavy (non-hydrogen) atoms. The van der Waals surface area contributed by atoms with Crippen LogP contribution in [0.3, 0.4) is 0 Å². The van der Waals surface area contributed by atoms with E-state index in [4.69, 9.17) is 0 Å². The Labute approximate surface area is 118 Å². The third-order valence-corrected chi connectivity index (χ3v) is 3.82. The van der Waals surface area contributed by atoms with Gasteiger partial charge in [0, 0.05) is 18.7 Å². The van der Waals surface area contributed by atoms with Gasteiger partial charge in [0.25, 0.3) is 0 Å². The van der Waals surface area contributed by atoms with E-state index in [1.165, 1.54) is 12.1 Å². The van der Waals surface area contributed by atoms with Crippen LogP contribution in [0.15, 0.2) is 18.2 Å². The van der Waals surface area contributed by atoms with Crippen molar-refractivity contribution in [1.29, 1.82) is 0 Å². The quantitative estimate of drug-likeness (QED) is 0.736. The van der Waals surface area contributed by atoms with Gasteiger partial charge in [0.15, 0.2) is 0 Å². The minimum atomic E-state index is -3.37. The molecule has 2 N–H and O–H groups in total. The molecule has 0 aliphatic rings. The van der Waals surface area contributed by atoms with E-state index >= 15 is 0 Å². The summed E-state index contributed by atoms with van der Waals surface area (Å²) in [5, 5.41) is 0. The SMILES string of the molecule is CS(=O)(=O)NCCc1ccc(CNS(C)(=O)=O)c(F)c1. The van der Waals surface area contributed by atoms with Gasteiger partial charge in [-0.05, 0) is 18.1 Å². The molecule has 1 rings (SSSR count). The van der Waals surface area contributed by atoms with Crippen LogP contribution < -0.4 is 9.44 Å². The van der Waals surface area contributed by atoms with E-state index in [0.717, 1.165) is 12.5 Å². The van der Waals surface area contributed by atoms with Crippen molar-refractivity contribution in [3.63, 3.8) is 0 Å². The number of hydrogen-bond acceptors (Lipinski definition) is 4. The molecule has 0 aliphatic heterocycles. The Morgan fingerprint density at radius 1 is 1.05 bits per heavy atom. The molecule has 0 spiro atoms. The van der Waals surface area contributed by atoms with E-state index in [9.17, 15) is 21.2 Å². The number of benzene rings is 1. The molecule has 0 unspecified atom stereocenters. The van der Waals surface area contributed by atoms with Crippen molar-refractivity contribution in [1.82, 2.24) is 9.44 Å². The molecule has 0 fully saturated rings. The lowest BCUT2D eigenvalue weighted by molar-refractivity contribution is 0.579. The normalized spacial score (nSPS) is 12.6. The number of nitrogens with one attached hydrogen (secondary N) is 2. The molecule has 0 saturated heterocycles. The van der Waals surface area contributed by atoms with Gasteiger partial charge < -0.3 is 0 Å². The van der Waals surface area contributed by atoms with E-state index in [2.05, 4.69) is 9.44 Å². The molecule has 0 aliphatic carbocycles. The topological polar surface area (TPSA) is 92.3 Å². The van der Waals surface area contributed by atoms with Crippen molar-refractivity contribution < 1.29 is 21.2 Å². The first-order chi connectivity index (χ1) is 9.07. The second-order valence-corrected chi connectivity index (χ2v) is 8.10.